The van der Waals surface area contributed by atoms with Crippen LogP contribution in [0.1, 0.15) is 160 Å². The van der Waals surface area contributed by atoms with E-state index in [4.69, 9.17) is 4.74 Å². The lowest BCUT2D eigenvalue weighted by molar-refractivity contribution is 0.0507. The maximum atomic E-state index is 6.04. The second-order valence-electron chi connectivity index (χ2n) is 10.1. The molecule has 3 fully saturated rings. The molecule has 0 radical (unpaired) electrons. The second kappa shape index (κ2) is 23.3. The Bertz CT molecular complexity index is 406. The van der Waals surface area contributed by atoms with Crippen molar-refractivity contribution in [3.8, 4) is 0 Å². The van der Waals surface area contributed by atoms with Crippen molar-refractivity contribution in [2.24, 2.45) is 29.6 Å². The van der Waals surface area contributed by atoms with Gasteiger partial charge in [0.15, 0.2) is 0 Å². The normalized spacial score (nSPS) is 28.6. The van der Waals surface area contributed by atoms with E-state index in [0.29, 0.717) is 0 Å². The van der Waals surface area contributed by atoms with Crippen molar-refractivity contribution in [1.82, 2.24) is 0 Å². The summed E-state index contributed by atoms with van der Waals surface area (Å²) in [6.45, 7) is 24.2. The summed E-state index contributed by atoms with van der Waals surface area (Å²) >= 11 is 0. The fourth-order valence-corrected chi connectivity index (χ4v) is 5.64. The van der Waals surface area contributed by atoms with Gasteiger partial charge in [-0.3, -0.25) is 0 Å². The molecule has 3 rings (SSSR count). The van der Waals surface area contributed by atoms with Crippen LogP contribution in [-0.4, -0.2) is 6.61 Å². The van der Waals surface area contributed by atoms with Crippen molar-refractivity contribution in [3.05, 3.63) is 11.3 Å². The van der Waals surface area contributed by atoms with Gasteiger partial charge in [-0.05, 0) is 94.0 Å². The second-order valence-corrected chi connectivity index (χ2v) is 10.1. The molecule has 0 aromatic rings. The first-order chi connectivity index (χ1) is 16.0. The number of allylic oxidation sites excluding steroid dienone is 2. The summed E-state index contributed by atoms with van der Waals surface area (Å²) in [6.07, 6.45) is 18.6. The Hall–Kier alpha value is -0.460. The quantitative estimate of drug-likeness (QED) is 0.400. The van der Waals surface area contributed by atoms with Crippen LogP contribution in [0.15, 0.2) is 11.3 Å². The van der Waals surface area contributed by atoms with Gasteiger partial charge in [0.05, 0.1) is 12.4 Å². The molecule has 1 aliphatic heterocycles. The summed E-state index contributed by atoms with van der Waals surface area (Å²) in [4.78, 5) is 0. The van der Waals surface area contributed by atoms with Crippen LogP contribution < -0.4 is 0 Å². The van der Waals surface area contributed by atoms with Gasteiger partial charge < -0.3 is 4.74 Å². The zero-order valence-corrected chi connectivity index (χ0v) is 25.2. The third-order valence-electron chi connectivity index (χ3n) is 7.69. The predicted octanol–water partition coefficient (Wildman–Crippen LogP) is 11.6. The van der Waals surface area contributed by atoms with E-state index in [1.54, 1.807) is 0 Å². The third kappa shape index (κ3) is 14.5. The predicted molar refractivity (Wildman–Crippen MR) is 153 cm³/mol. The van der Waals surface area contributed by atoms with Crippen molar-refractivity contribution in [1.29, 1.82) is 0 Å². The minimum Gasteiger partial charge on any atom is -0.498 e. The summed E-state index contributed by atoms with van der Waals surface area (Å²) in [6, 6.07) is 0. The fraction of sp³-hybridized carbons (Fsp3) is 0.938. The lowest BCUT2D eigenvalue weighted by Gasteiger charge is -2.40. The molecule has 0 N–H and O–H groups in total. The van der Waals surface area contributed by atoms with E-state index in [2.05, 4.69) is 34.6 Å². The van der Waals surface area contributed by atoms with Gasteiger partial charge in [-0.2, -0.15) is 0 Å². The summed E-state index contributed by atoms with van der Waals surface area (Å²) in [5, 5.41) is 0. The van der Waals surface area contributed by atoms with Crippen molar-refractivity contribution >= 4 is 0 Å². The molecule has 200 valence electrons. The van der Waals surface area contributed by atoms with E-state index in [-0.39, 0.29) is 0 Å². The van der Waals surface area contributed by atoms with Crippen LogP contribution in [0.5, 0.6) is 0 Å². The lowest BCUT2D eigenvalue weighted by atomic mass is 9.67. The van der Waals surface area contributed by atoms with E-state index in [0.717, 1.165) is 36.2 Å². The molecule has 1 atom stereocenters. The number of hydrogen-bond acceptors (Lipinski definition) is 1. The molecule has 0 aromatic carbocycles. The average Bonchev–Trinajstić information content (AvgIpc) is 2.89. The van der Waals surface area contributed by atoms with Crippen LogP contribution in [0.25, 0.3) is 0 Å². The Kier molecular flexibility index (Phi) is 24.5. The van der Waals surface area contributed by atoms with E-state index < -0.39 is 0 Å². The Morgan fingerprint density at radius 2 is 1.03 bits per heavy atom. The van der Waals surface area contributed by atoms with Gasteiger partial charge in [0.2, 0.25) is 0 Å². The minimum absolute atomic E-state index is 0.843. The van der Waals surface area contributed by atoms with E-state index in [1.165, 1.54) is 94.8 Å². The van der Waals surface area contributed by atoms with Gasteiger partial charge in [0.1, 0.15) is 0 Å². The van der Waals surface area contributed by atoms with Crippen molar-refractivity contribution in [2.75, 3.05) is 6.61 Å². The highest BCUT2D eigenvalue weighted by atomic mass is 16.5. The minimum atomic E-state index is 0.843. The summed E-state index contributed by atoms with van der Waals surface area (Å²) in [7, 11) is 0. The summed E-state index contributed by atoms with van der Waals surface area (Å²) in [5.74, 6) is 6.20. The van der Waals surface area contributed by atoms with Crippen molar-refractivity contribution < 1.29 is 4.74 Å². The molecular formula is C32H66O. The van der Waals surface area contributed by atoms with Crippen LogP contribution in [0.3, 0.4) is 0 Å². The lowest BCUT2D eigenvalue weighted by Crippen LogP contribution is -2.31. The largest absolute Gasteiger partial charge is 0.498 e. The molecule has 1 heterocycles. The molecule has 1 saturated heterocycles. The maximum Gasteiger partial charge on any atom is 0.0946 e. The molecule has 0 amide bonds. The molecule has 0 spiro atoms. The molecule has 1 unspecified atom stereocenters. The first-order valence-corrected chi connectivity index (χ1v) is 15.3. The van der Waals surface area contributed by atoms with Gasteiger partial charge in [-0.15, -0.1) is 0 Å². The van der Waals surface area contributed by atoms with Gasteiger partial charge in [-0.1, -0.05) is 94.4 Å². The average molecular weight is 467 g/mol. The number of rotatable bonds is 4. The first kappa shape index (κ1) is 34.7. The Morgan fingerprint density at radius 3 is 1.33 bits per heavy atom. The Labute approximate surface area is 211 Å². The smallest absolute Gasteiger partial charge is 0.0946 e. The van der Waals surface area contributed by atoms with Crippen LogP contribution in [0.4, 0.5) is 0 Å². The highest BCUT2D eigenvalue weighted by Crippen LogP contribution is 2.44. The molecule has 3 aliphatic rings. The highest BCUT2D eigenvalue weighted by molar-refractivity contribution is 5.05. The fourth-order valence-electron chi connectivity index (χ4n) is 5.64. The Balaban J connectivity index is 0. The molecule has 1 nitrogen and oxygen atoms in total. The van der Waals surface area contributed by atoms with Gasteiger partial charge >= 0.3 is 0 Å². The van der Waals surface area contributed by atoms with E-state index in [9.17, 15) is 0 Å². The third-order valence-corrected chi connectivity index (χ3v) is 7.69. The number of hydrogen-bond donors (Lipinski definition) is 0. The molecule has 0 aromatic heterocycles. The maximum absolute atomic E-state index is 6.04. The van der Waals surface area contributed by atoms with Crippen LogP contribution in [0.2, 0.25) is 0 Å². The van der Waals surface area contributed by atoms with Crippen LogP contribution >= 0.6 is 0 Å². The van der Waals surface area contributed by atoms with E-state index >= 15 is 0 Å². The SMILES string of the molecule is CC.CC.CC.CC(C)=C1CCC(C2CCC(C3CCC(C)CC3)CC2)CO1.CCCCC. The van der Waals surface area contributed by atoms with Crippen molar-refractivity contribution in [2.45, 2.75) is 160 Å². The molecule has 1 heteroatoms. The van der Waals surface area contributed by atoms with Gasteiger partial charge in [0.25, 0.3) is 0 Å². The van der Waals surface area contributed by atoms with Crippen LogP contribution in [0, 0.1) is 29.6 Å². The number of unbranched alkanes of at least 4 members (excludes halogenated alkanes) is 2. The van der Waals surface area contributed by atoms with E-state index in [1.807, 2.05) is 41.5 Å². The first-order valence-electron chi connectivity index (χ1n) is 15.3. The summed E-state index contributed by atoms with van der Waals surface area (Å²) < 4.78 is 6.04. The zero-order chi connectivity index (χ0) is 25.6. The highest BCUT2D eigenvalue weighted by Gasteiger charge is 2.34. The molecular weight excluding hydrogens is 400 g/mol. The van der Waals surface area contributed by atoms with Crippen molar-refractivity contribution in [3.63, 3.8) is 0 Å². The molecule has 2 aliphatic carbocycles. The van der Waals surface area contributed by atoms with Crippen LogP contribution in [-0.2, 0) is 4.74 Å². The molecule has 0 bridgehead atoms. The monoisotopic (exact) mass is 467 g/mol. The molecule has 2 saturated carbocycles. The standard InChI is InChI=1S/C21H36O.C5H12.3C2H6/c1-15(2)21-13-12-20(14-22-21)19-10-8-18(9-11-19)17-6-4-16(3)5-7-17;1-3-5-4-2;3*1-2/h16-20H,4-14H2,1-3H3;3-5H2,1-2H3;3*1-2H3. The molecule has 33 heavy (non-hydrogen) atoms. The van der Waals surface area contributed by atoms with Gasteiger partial charge in [0, 0.05) is 6.42 Å². The Morgan fingerprint density at radius 1 is 0.636 bits per heavy atom. The zero-order valence-electron chi connectivity index (χ0n) is 25.2. The topological polar surface area (TPSA) is 9.23 Å². The number of ether oxygens (including phenoxy) is 1. The summed E-state index contributed by atoms with van der Waals surface area (Å²) in [5.41, 5.74) is 1.38. The van der Waals surface area contributed by atoms with Gasteiger partial charge in [-0.25, -0.2) is 0 Å².